The first kappa shape index (κ1) is 20.1. The molecule has 1 unspecified atom stereocenters. The summed E-state index contributed by atoms with van der Waals surface area (Å²) in [7, 11) is 3.54. The number of likely N-dealkylation sites (N-methyl/N-ethyl adjacent to an activating group) is 1. The van der Waals surface area contributed by atoms with Gasteiger partial charge in [-0.3, -0.25) is 4.79 Å². The normalized spacial score (nSPS) is 14.6. The number of nitrogens with one attached hydrogen (secondary N) is 2. The summed E-state index contributed by atoms with van der Waals surface area (Å²) in [6, 6.07) is 5.49. The lowest BCUT2D eigenvalue weighted by atomic mass is 10.1. The second-order valence-corrected chi connectivity index (χ2v) is 7.55. The van der Waals surface area contributed by atoms with E-state index in [9.17, 15) is 4.79 Å². The van der Waals surface area contributed by atoms with Gasteiger partial charge in [0, 0.05) is 24.6 Å². The van der Waals surface area contributed by atoms with Gasteiger partial charge in [0.2, 0.25) is 0 Å². The fourth-order valence-corrected chi connectivity index (χ4v) is 3.54. The molecule has 0 radical (unpaired) electrons. The van der Waals surface area contributed by atoms with Crippen LogP contribution in [0.15, 0.2) is 24.4 Å². The summed E-state index contributed by atoms with van der Waals surface area (Å²) in [5, 5.41) is 11.3. The van der Waals surface area contributed by atoms with Crippen molar-refractivity contribution in [2.24, 2.45) is 5.73 Å². The van der Waals surface area contributed by atoms with Gasteiger partial charge in [-0.15, -0.1) is 0 Å². The molecule has 30 heavy (non-hydrogen) atoms. The monoisotopic (exact) mass is 409 g/mol. The Morgan fingerprint density at radius 1 is 1.40 bits per heavy atom. The minimum absolute atomic E-state index is 0.113. The summed E-state index contributed by atoms with van der Waals surface area (Å²) in [6.45, 7) is 2.81. The SMILES string of the molecule is CCC(CNC)Nc1nc(-c2cnc3cc(OC)c(C4CC4)nn23)ccc1C(N)=O. The first-order chi connectivity index (χ1) is 14.5. The van der Waals surface area contributed by atoms with Gasteiger partial charge in [0.25, 0.3) is 5.91 Å². The number of nitrogens with two attached hydrogens (primary N) is 1. The standard InChI is InChI=1S/C21H27N7O2/c1-4-13(10-23-2)25-21-14(20(22)29)7-8-15(26-21)16-11-24-18-9-17(30-3)19(12-5-6-12)27-28(16)18/h7-9,11-13,23H,4-6,10H2,1-3H3,(H2,22,29)(H,25,26). The lowest BCUT2D eigenvalue weighted by Crippen LogP contribution is -2.31. The quantitative estimate of drug-likeness (QED) is 0.495. The molecule has 0 aromatic carbocycles. The van der Waals surface area contributed by atoms with E-state index in [-0.39, 0.29) is 6.04 Å². The van der Waals surface area contributed by atoms with Crippen molar-refractivity contribution in [2.45, 2.75) is 38.1 Å². The summed E-state index contributed by atoms with van der Waals surface area (Å²) in [4.78, 5) is 21.1. The van der Waals surface area contributed by atoms with E-state index in [1.807, 2.05) is 13.1 Å². The molecule has 1 aliphatic carbocycles. The number of fused-ring (bicyclic) bond motifs is 1. The van der Waals surface area contributed by atoms with E-state index >= 15 is 0 Å². The molecule has 9 nitrogen and oxygen atoms in total. The highest BCUT2D eigenvalue weighted by molar-refractivity contribution is 5.98. The molecule has 1 saturated carbocycles. The third-order valence-corrected chi connectivity index (χ3v) is 5.38. The van der Waals surface area contributed by atoms with Crippen molar-refractivity contribution < 1.29 is 9.53 Å². The van der Waals surface area contributed by atoms with Crippen LogP contribution in [0.1, 0.15) is 48.2 Å². The Labute approximate surface area is 175 Å². The van der Waals surface area contributed by atoms with Crippen LogP contribution in [0.3, 0.4) is 0 Å². The van der Waals surface area contributed by atoms with Crippen LogP contribution >= 0.6 is 0 Å². The number of pyridine rings is 1. The maximum Gasteiger partial charge on any atom is 0.252 e. The van der Waals surface area contributed by atoms with Crippen molar-refractivity contribution in [1.29, 1.82) is 0 Å². The van der Waals surface area contributed by atoms with E-state index in [4.69, 9.17) is 20.6 Å². The third kappa shape index (κ3) is 3.80. The van der Waals surface area contributed by atoms with E-state index in [0.717, 1.165) is 42.9 Å². The number of imidazole rings is 1. The number of hydrogen-bond acceptors (Lipinski definition) is 7. The molecule has 4 N–H and O–H groups in total. The molecule has 3 aromatic heterocycles. The second-order valence-electron chi connectivity index (χ2n) is 7.55. The molecular weight excluding hydrogens is 382 g/mol. The summed E-state index contributed by atoms with van der Waals surface area (Å²) in [6.07, 6.45) is 4.83. The van der Waals surface area contributed by atoms with Crippen LogP contribution in [-0.4, -0.2) is 52.2 Å². The Morgan fingerprint density at radius 2 is 2.20 bits per heavy atom. The van der Waals surface area contributed by atoms with Crippen LogP contribution in [0.2, 0.25) is 0 Å². The minimum Gasteiger partial charge on any atom is -0.495 e. The van der Waals surface area contributed by atoms with E-state index in [0.29, 0.717) is 28.6 Å². The van der Waals surface area contributed by atoms with Gasteiger partial charge in [-0.1, -0.05) is 6.92 Å². The van der Waals surface area contributed by atoms with Crippen molar-refractivity contribution >= 4 is 17.4 Å². The van der Waals surface area contributed by atoms with Crippen LogP contribution < -0.4 is 21.1 Å². The van der Waals surface area contributed by atoms with Crippen LogP contribution in [0.5, 0.6) is 5.75 Å². The van der Waals surface area contributed by atoms with E-state index < -0.39 is 5.91 Å². The van der Waals surface area contributed by atoms with E-state index in [1.165, 1.54) is 0 Å². The first-order valence-corrected chi connectivity index (χ1v) is 10.2. The van der Waals surface area contributed by atoms with E-state index in [1.54, 1.807) is 30.0 Å². The van der Waals surface area contributed by atoms with Gasteiger partial charge < -0.3 is 21.1 Å². The molecule has 1 fully saturated rings. The van der Waals surface area contributed by atoms with Crippen LogP contribution in [-0.2, 0) is 0 Å². The number of methoxy groups -OCH3 is 1. The summed E-state index contributed by atoms with van der Waals surface area (Å²) in [5.74, 6) is 1.13. The number of ether oxygens (including phenoxy) is 1. The molecule has 4 rings (SSSR count). The number of primary amides is 1. The molecule has 3 aromatic rings. The van der Waals surface area contributed by atoms with Gasteiger partial charge in [-0.05, 0) is 38.4 Å². The van der Waals surface area contributed by atoms with Crippen LogP contribution in [0.4, 0.5) is 5.82 Å². The molecule has 0 aliphatic heterocycles. The molecular formula is C21H27N7O2. The van der Waals surface area contributed by atoms with Gasteiger partial charge in [0.1, 0.15) is 23.0 Å². The fourth-order valence-electron chi connectivity index (χ4n) is 3.54. The lowest BCUT2D eigenvalue weighted by molar-refractivity contribution is 0.100. The number of anilines is 1. The topological polar surface area (TPSA) is 119 Å². The van der Waals surface area contributed by atoms with Crippen molar-refractivity contribution in [3.63, 3.8) is 0 Å². The van der Waals surface area contributed by atoms with Crippen molar-refractivity contribution in [3.8, 4) is 17.1 Å². The highest BCUT2D eigenvalue weighted by Crippen LogP contribution is 2.43. The Morgan fingerprint density at radius 3 is 2.83 bits per heavy atom. The molecule has 9 heteroatoms. The number of carbonyl (C=O) groups excluding carboxylic acids is 1. The van der Waals surface area contributed by atoms with Crippen molar-refractivity contribution in [2.75, 3.05) is 26.0 Å². The Bertz CT molecular complexity index is 1070. The number of rotatable bonds is 9. The molecule has 3 heterocycles. The van der Waals surface area contributed by atoms with Crippen molar-refractivity contribution in [1.82, 2.24) is 24.9 Å². The predicted octanol–water partition coefficient (Wildman–Crippen LogP) is 2.19. The van der Waals surface area contributed by atoms with Gasteiger partial charge in [-0.2, -0.15) is 5.10 Å². The van der Waals surface area contributed by atoms with Crippen molar-refractivity contribution in [3.05, 3.63) is 35.7 Å². The first-order valence-electron chi connectivity index (χ1n) is 10.2. The number of aromatic nitrogens is 4. The molecule has 1 aliphatic rings. The summed E-state index contributed by atoms with van der Waals surface area (Å²) < 4.78 is 7.30. The molecule has 0 spiro atoms. The molecule has 1 amide bonds. The highest BCUT2D eigenvalue weighted by Gasteiger charge is 2.30. The van der Waals surface area contributed by atoms with Crippen LogP contribution in [0.25, 0.3) is 17.0 Å². The lowest BCUT2D eigenvalue weighted by Gasteiger charge is -2.19. The smallest absolute Gasteiger partial charge is 0.252 e. The number of carbonyl (C=O) groups is 1. The predicted molar refractivity (Wildman–Crippen MR) is 115 cm³/mol. The zero-order valence-electron chi connectivity index (χ0n) is 17.5. The molecule has 1 atom stereocenters. The molecule has 0 saturated heterocycles. The maximum absolute atomic E-state index is 11.9. The largest absolute Gasteiger partial charge is 0.495 e. The summed E-state index contributed by atoms with van der Waals surface area (Å²) in [5.41, 5.74) is 8.97. The Balaban J connectivity index is 1.78. The molecule has 0 bridgehead atoms. The third-order valence-electron chi connectivity index (χ3n) is 5.38. The maximum atomic E-state index is 11.9. The van der Waals surface area contributed by atoms with Gasteiger partial charge in [-0.25, -0.2) is 14.5 Å². The minimum atomic E-state index is -0.520. The average molecular weight is 409 g/mol. The second kappa shape index (κ2) is 8.27. The van der Waals surface area contributed by atoms with Gasteiger partial charge in [0.15, 0.2) is 5.65 Å². The summed E-state index contributed by atoms with van der Waals surface area (Å²) >= 11 is 0. The number of hydrogen-bond donors (Lipinski definition) is 3. The average Bonchev–Trinajstić information content (AvgIpc) is 3.51. The highest BCUT2D eigenvalue weighted by atomic mass is 16.5. The zero-order valence-corrected chi connectivity index (χ0v) is 17.5. The van der Waals surface area contributed by atoms with Gasteiger partial charge >= 0.3 is 0 Å². The van der Waals surface area contributed by atoms with Crippen LogP contribution in [0, 0.1) is 0 Å². The zero-order chi connectivity index (χ0) is 21.3. The van der Waals surface area contributed by atoms with Gasteiger partial charge in [0.05, 0.1) is 24.6 Å². The Hall–Kier alpha value is -3.20. The number of nitrogens with zero attached hydrogens (tertiary/aromatic N) is 4. The number of amides is 1. The van der Waals surface area contributed by atoms with E-state index in [2.05, 4.69) is 22.5 Å². The molecule has 158 valence electrons. The fraction of sp³-hybridized carbons (Fsp3) is 0.429. The Kier molecular flexibility index (Phi) is 5.54.